The van der Waals surface area contributed by atoms with Gasteiger partial charge in [0.15, 0.2) is 0 Å². The third kappa shape index (κ3) is 1.57. The molecule has 0 radical (unpaired) electrons. The van der Waals surface area contributed by atoms with Gasteiger partial charge in [-0.2, -0.15) is 0 Å². The second-order valence-corrected chi connectivity index (χ2v) is 3.89. The Kier molecular flexibility index (Phi) is 1.52. The van der Waals surface area contributed by atoms with Crippen molar-refractivity contribution in [1.29, 1.82) is 0 Å². The van der Waals surface area contributed by atoms with Gasteiger partial charge in [-0.15, -0.1) is 0 Å². The maximum absolute atomic E-state index is 10.8. The molecule has 0 aromatic rings. The monoisotopic (exact) mass is 161 g/mol. The van der Waals surface area contributed by atoms with E-state index in [1.807, 2.05) is 4.72 Å². The van der Waals surface area contributed by atoms with Gasteiger partial charge in [0.2, 0.25) is 15.9 Å². The minimum absolute atomic E-state index is 0.547. The Labute approximate surface area is 59.0 Å². The topological polar surface area (TPSA) is 63.2 Å². The standard InChI is InChI=1S/C5H7NO3S/c1-4(7)6-10(8,9)5-2-3-5/h2-3,5H,1H3,(H,6,7). The van der Waals surface area contributed by atoms with Crippen LogP contribution in [0.3, 0.4) is 0 Å². The first-order valence-corrected chi connectivity index (χ1v) is 4.27. The van der Waals surface area contributed by atoms with Crippen molar-refractivity contribution in [3.8, 4) is 0 Å². The van der Waals surface area contributed by atoms with Gasteiger partial charge in [0.25, 0.3) is 0 Å². The highest BCUT2D eigenvalue weighted by Gasteiger charge is 2.28. The van der Waals surface area contributed by atoms with Crippen molar-refractivity contribution in [3.63, 3.8) is 0 Å². The number of sulfonamides is 1. The van der Waals surface area contributed by atoms with Gasteiger partial charge in [-0.3, -0.25) is 9.52 Å². The Morgan fingerprint density at radius 1 is 1.50 bits per heavy atom. The third-order valence-corrected chi connectivity index (χ3v) is 2.60. The largest absolute Gasteiger partial charge is 0.274 e. The molecular weight excluding hydrogens is 154 g/mol. The smallest absolute Gasteiger partial charge is 0.244 e. The van der Waals surface area contributed by atoms with Gasteiger partial charge in [0.1, 0.15) is 5.25 Å². The van der Waals surface area contributed by atoms with Crippen LogP contribution >= 0.6 is 0 Å². The number of carbonyl (C=O) groups is 1. The molecule has 1 N–H and O–H groups in total. The van der Waals surface area contributed by atoms with Gasteiger partial charge in [-0.1, -0.05) is 12.2 Å². The predicted octanol–water partition coefficient (Wildman–Crippen LogP) is -0.609. The molecule has 1 rings (SSSR count). The first-order valence-electron chi connectivity index (χ1n) is 2.73. The molecule has 0 spiro atoms. The zero-order valence-corrected chi connectivity index (χ0v) is 6.18. The van der Waals surface area contributed by atoms with Crippen LogP contribution in [0.5, 0.6) is 0 Å². The first-order chi connectivity index (χ1) is 4.52. The van der Waals surface area contributed by atoms with E-state index in [-0.39, 0.29) is 0 Å². The Hall–Kier alpha value is -0.840. The molecule has 0 saturated heterocycles. The van der Waals surface area contributed by atoms with Crippen molar-refractivity contribution in [2.45, 2.75) is 12.2 Å². The summed E-state index contributed by atoms with van der Waals surface area (Å²) in [6.07, 6.45) is 3.01. The number of carbonyl (C=O) groups excluding carboxylic acids is 1. The lowest BCUT2D eigenvalue weighted by atomic mass is 10.8. The number of nitrogens with one attached hydrogen (secondary N) is 1. The molecule has 10 heavy (non-hydrogen) atoms. The lowest BCUT2D eigenvalue weighted by molar-refractivity contribution is -0.117. The van der Waals surface area contributed by atoms with Crippen molar-refractivity contribution < 1.29 is 13.2 Å². The van der Waals surface area contributed by atoms with Crippen molar-refractivity contribution in [3.05, 3.63) is 12.2 Å². The fourth-order valence-electron chi connectivity index (χ4n) is 0.521. The average Bonchev–Trinajstić information content (AvgIpc) is 2.35. The molecule has 0 fully saturated rings. The average molecular weight is 161 g/mol. The molecule has 0 atom stereocenters. The van der Waals surface area contributed by atoms with E-state index in [4.69, 9.17) is 0 Å². The fourth-order valence-corrected chi connectivity index (χ4v) is 1.56. The quantitative estimate of drug-likeness (QED) is 0.549. The highest BCUT2D eigenvalue weighted by molar-refractivity contribution is 7.91. The summed E-state index contributed by atoms with van der Waals surface area (Å²) >= 11 is 0. The summed E-state index contributed by atoms with van der Waals surface area (Å²) in [6, 6.07) is 0. The number of hydrogen-bond acceptors (Lipinski definition) is 3. The van der Waals surface area contributed by atoms with Crippen LogP contribution in [-0.4, -0.2) is 19.6 Å². The Morgan fingerprint density at radius 3 is 2.30 bits per heavy atom. The lowest BCUT2D eigenvalue weighted by Gasteiger charge is -2.00. The van der Waals surface area contributed by atoms with E-state index >= 15 is 0 Å². The molecule has 56 valence electrons. The first kappa shape index (κ1) is 7.27. The summed E-state index contributed by atoms with van der Waals surface area (Å²) in [5.74, 6) is -0.547. The van der Waals surface area contributed by atoms with E-state index in [0.29, 0.717) is 0 Å². The van der Waals surface area contributed by atoms with E-state index in [9.17, 15) is 13.2 Å². The van der Waals surface area contributed by atoms with Crippen LogP contribution in [0.2, 0.25) is 0 Å². The maximum atomic E-state index is 10.8. The fraction of sp³-hybridized carbons (Fsp3) is 0.400. The van der Waals surface area contributed by atoms with Crippen LogP contribution in [0.4, 0.5) is 0 Å². The molecule has 0 saturated carbocycles. The Bertz CT molecular complexity index is 271. The molecule has 4 nitrogen and oxygen atoms in total. The zero-order valence-electron chi connectivity index (χ0n) is 5.37. The van der Waals surface area contributed by atoms with E-state index < -0.39 is 21.2 Å². The SMILES string of the molecule is CC(=O)NS(=O)(=O)C1C=C1. The molecule has 0 unspecified atom stereocenters. The highest BCUT2D eigenvalue weighted by Crippen LogP contribution is 2.14. The minimum Gasteiger partial charge on any atom is -0.274 e. The summed E-state index contributed by atoms with van der Waals surface area (Å²) in [5.41, 5.74) is 0. The summed E-state index contributed by atoms with van der Waals surface area (Å²) in [4.78, 5) is 10.3. The molecule has 1 aliphatic rings. The van der Waals surface area contributed by atoms with Gasteiger partial charge < -0.3 is 0 Å². The van der Waals surface area contributed by atoms with Gasteiger partial charge in [0.05, 0.1) is 0 Å². The van der Waals surface area contributed by atoms with Crippen LogP contribution in [0, 0.1) is 0 Å². The molecule has 1 aliphatic carbocycles. The summed E-state index contributed by atoms with van der Waals surface area (Å²) in [7, 11) is -3.40. The van der Waals surface area contributed by atoms with Crippen LogP contribution in [0.25, 0.3) is 0 Å². The Balaban J connectivity index is 2.61. The lowest BCUT2D eigenvalue weighted by Crippen LogP contribution is -2.31. The maximum Gasteiger partial charge on any atom is 0.244 e. The van der Waals surface area contributed by atoms with Crippen molar-refractivity contribution in [2.24, 2.45) is 0 Å². The number of amides is 1. The van der Waals surface area contributed by atoms with Crippen LogP contribution in [-0.2, 0) is 14.8 Å². The van der Waals surface area contributed by atoms with Crippen LogP contribution < -0.4 is 4.72 Å². The van der Waals surface area contributed by atoms with E-state index in [1.54, 1.807) is 0 Å². The van der Waals surface area contributed by atoms with Crippen LogP contribution in [0.15, 0.2) is 12.2 Å². The predicted molar refractivity (Wildman–Crippen MR) is 35.7 cm³/mol. The number of hydrogen-bond donors (Lipinski definition) is 1. The molecule has 1 amide bonds. The van der Waals surface area contributed by atoms with Gasteiger partial charge in [-0.05, 0) is 0 Å². The summed E-state index contributed by atoms with van der Waals surface area (Å²) in [6.45, 7) is 1.17. The third-order valence-electron chi connectivity index (χ3n) is 0.994. The summed E-state index contributed by atoms with van der Waals surface area (Å²) in [5, 5.41) is -0.559. The molecule has 5 heteroatoms. The molecule has 0 aromatic carbocycles. The highest BCUT2D eigenvalue weighted by atomic mass is 32.2. The van der Waals surface area contributed by atoms with Crippen molar-refractivity contribution in [2.75, 3.05) is 0 Å². The second kappa shape index (κ2) is 2.09. The second-order valence-electron chi connectivity index (χ2n) is 2.05. The summed E-state index contributed by atoms with van der Waals surface area (Å²) < 4.78 is 23.5. The zero-order chi connectivity index (χ0) is 7.78. The number of rotatable bonds is 2. The van der Waals surface area contributed by atoms with Crippen LogP contribution in [0.1, 0.15) is 6.92 Å². The molecular formula is C5H7NO3S. The van der Waals surface area contributed by atoms with E-state index in [2.05, 4.69) is 0 Å². The normalized spacial score (nSPS) is 16.9. The molecule has 0 bridgehead atoms. The van der Waals surface area contributed by atoms with Crippen molar-refractivity contribution >= 4 is 15.9 Å². The minimum atomic E-state index is -3.40. The molecule has 0 heterocycles. The van der Waals surface area contributed by atoms with Crippen molar-refractivity contribution in [1.82, 2.24) is 4.72 Å². The molecule has 0 aromatic heterocycles. The van der Waals surface area contributed by atoms with E-state index in [0.717, 1.165) is 0 Å². The van der Waals surface area contributed by atoms with Gasteiger partial charge >= 0.3 is 0 Å². The van der Waals surface area contributed by atoms with Gasteiger partial charge in [-0.25, -0.2) is 8.42 Å². The van der Waals surface area contributed by atoms with E-state index in [1.165, 1.54) is 19.1 Å². The Morgan fingerprint density at radius 2 is 2.00 bits per heavy atom. The van der Waals surface area contributed by atoms with Gasteiger partial charge in [0, 0.05) is 6.92 Å². The molecule has 0 aliphatic heterocycles.